The quantitative estimate of drug-likeness (QED) is 0.812. The Kier molecular flexibility index (Phi) is 3.31. The Morgan fingerprint density at radius 1 is 1.21 bits per heavy atom. The first-order valence-electron chi connectivity index (χ1n) is 6.48. The smallest absolute Gasteiger partial charge is 0.158 e. The Hall–Kier alpha value is -1.73. The molecule has 2 aromatic rings. The van der Waals surface area contributed by atoms with Gasteiger partial charge in [0.05, 0.1) is 6.54 Å². The molecule has 0 spiro atoms. The van der Waals surface area contributed by atoms with Crippen LogP contribution in [0.4, 0.5) is 0 Å². The van der Waals surface area contributed by atoms with E-state index in [1.54, 1.807) is 0 Å². The molecule has 0 aromatic carbocycles. The maximum Gasteiger partial charge on any atom is 0.158 e. The van der Waals surface area contributed by atoms with Crippen LogP contribution in [0, 0.1) is 0 Å². The number of hydrogen-bond donors (Lipinski definition) is 1. The van der Waals surface area contributed by atoms with E-state index in [9.17, 15) is 5.11 Å². The van der Waals surface area contributed by atoms with Gasteiger partial charge in [-0.3, -0.25) is 4.90 Å². The van der Waals surface area contributed by atoms with Crippen LogP contribution in [0.25, 0.3) is 0 Å². The van der Waals surface area contributed by atoms with Crippen molar-refractivity contribution in [3.63, 3.8) is 0 Å². The van der Waals surface area contributed by atoms with E-state index in [0.717, 1.165) is 44.2 Å². The SMILES string of the molecule is Cn1ccnc1CN1CCc2nnc(CO)n2CC1. The van der Waals surface area contributed by atoms with Crippen LogP contribution in [0.15, 0.2) is 12.4 Å². The first-order valence-corrected chi connectivity index (χ1v) is 6.48. The molecular weight excluding hydrogens is 244 g/mol. The molecule has 0 fully saturated rings. The van der Waals surface area contributed by atoms with E-state index >= 15 is 0 Å². The normalized spacial score (nSPS) is 16.3. The van der Waals surface area contributed by atoms with E-state index in [1.807, 2.05) is 28.6 Å². The molecule has 2 aromatic heterocycles. The molecule has 0 saturated heterocycles. The maximum absolute atomic E-state index is 9.23. The molecule has 19 heavy (non-hydrogen) atoms. The molecular formula is C12H18N6O. The predicted octanol–water partition coefficient (Wildman–Crippen LogP) is -0.438. The van der Waals surface area contributed by atoms with Gasteiger partial charge in [-0.1, -0.05) is 0 Å². The summed E-state index contributed by atoms with van der Waals surface area (Å²) in [6.45, 7) is 3.48. The average Bonchev–Trinajstić information content (AvgIpc) is 2.94. The number of hydrogen-bond acceptors (Lipinski definition) is 5. The van der Waals surface area contributed by atoms with Crippen molar-refractivity contribution < 1.29 is 5.11 Å². The number of rotatable bonds is 3. The molecule has 0 atom stereocenters. The molecule has 1 aliphatic heterocycles. The van der Waals surface area contributed by atoms with E-state index in [1.165, 1.54) is 0 Å². The lowest BCUT2D eigenvalue weighted by Crippen LogP contribution is -2.28. The molecule has 7 nitrogen and oxygen atoms in total. The van der Waals surface area contributed by atoms with Crippen LogP contribution in [0.1, 0.15) is 17.5 Å². The lowest BCUT2D eigenvalue weighted by Gasteiger charge is -2.19. The van der Waals surface area contributed by atoms with Gasteiger partial charge in [0, 0.05) is 45.5 Å². The third kappa shape index (κ3) is 2.39. The molecule has 0 aliphatic carbocycles. The second-order valence-electron chi connectivity index (χ2n) is 4.82. The van der Waals surface area contributed by atoms with Crippen LogP contribution < -0.4 is 0 Å². The van der Waals surface area contributed by atoms with Crippen molar-refractivity contribution in [2.75, 3.05) is 13.1 Å². The fraction of sp³-hybridized carbons (Fsp3) is 0.583. The number of aliphatic hydroxyl groups is 1. The maximum atomic E-state index is 9.23. The van der Waals surface area contributed by atoms with Crippen LogP contribution in [0.5, 0.6) is 0 Å². The van der Waals surface area contributed by atoms with E-state index in [4.69, 9.17) is 0 Å². The molecule has 0 saturated carbocycles. The molecule has 1 N–H and O–H groups in total. The lowest BCUT2D eigenvalue weighted by atomic mass is 10.3. The average molecular weight is 262 g/mol. The monoisotopic (exact) mass is 262 g/mol. The van der Waals surface area contributed by atoms with Crippen LogP contribution in [-0.2, 0) is 33.2 Å². The fourth-order valence-electron chi connectivity index (χ4n) is 2.45. The summed E-state index contributed by atoms with van der Waals surface area (Å²) in [6, 6.07) is 0. The highest BCUT2D eigenvalue weighted by Gasteiger charge is 2.19. The minimum Gasteiger partial charge on any atom is -0.388 e. The molecule has 0 bridgehead atoms. The number of aliphatic hydroxyl groups excluding tert-OH is 1. The van der Waals surface area contributed by atoms with Crippen molar-refractivity contribution in [2.45, 2.75) is 26.1 Å². The highest BCUT2D eigenvalue weighted by molar-refractivity contribution is 4.99. The van der Waals surface area contributed by atoms with Crippen molar-refractivity contribution >= 4 is 0 Å². The fourth-order valence-corrected chi connectivity index (χ4v) is 2.45. The number of nitrogens with zero attached hydrogens (tertiary/aromatic N) is 6. The van der Waals surface area contributed by atoms with Gasteiger partial charge in [-0.25, -0.2) is 4.98 Å². The zero-order valence-electron chi connectivity index (χ0n) is 11.0. The van der Waals surface area contributed by atoms with Crippen molar-refractivity contribution in [1.82, 2.24) is 29.2 Å². The molecule has 3 rings (SSSR count). The molecule has 7 heteroatoms. The molecule has 3 heterocycles. The van der Waals surface area contributed by atoms with Crippen LogP contribution in [0.3, 0.4) is 0 Å². The van der Waals surface area contributed by atoms with Gasteiger partial charge >= 0.3 is 0 Å². The summed E-state index contributed by atoms with van der Waals surface area (Å²) in [5, 5.41) is 17.4. The van der Waals surface area contributed by atoms with Gasteiger partial charge in [-0.15, -0.1) is 10.2 Å². The minimum atomic E-state index is -0.0492. The number of aromatic nitrogens is 5. The van der Waals surface area contributed by atoms with Crippen LogP contribution in [-0.4, -0.2) is 47.4 Å². The summed E-state index contributed by atoms with van der Waals surface area (Å²) in [5.74, 6) is 2.69. The minimum absolute atomic E-state index is 0.0492. The Labute approximate surface area is 111 Å². The Morgan fingerprint density at radius 3 is 2.84 bits per heavy atom. The van der Waals surface area contributed by atoms with Crippen molar-refractivity contribution in [3.05, 3.63) is 29.9 Å². The highest BCUT2D eigenvalue weighted by atomic mass is 16.3. The largest absolute Gasteiger partial charge is 0.388 e. The third-order valence-corrected chi connectivity index (χ3v) is 3.62. The second kappa shape index (κ2) is 5.10. The molecule has 0 unspecified atom stereocenters. The summed E-state index contributed by atoms with van der Waals surface area (Å²) in [4.78, 5) is 6.72. The first kappa shape index (κ1) is 12.3. The van der Waals surface area contributed by atoms with E-state index < -0.39 is 0 Å². The molecule has 0 radical (unpaired) electrons. The van der Waals surface area contributed by atoms with Gasteiger partial charge < -0.3 is 14.2 Å². The van der Waals surface area contributed by atoms with Crippen molar-refractivity contribution in [2.24, 2.45) is 7.05 Å². The Balaban J connectivity index is 1.70. The van der Waals surface area contributed by atoms with Crippen molar-refractivity contribution in [1.29, 1.82) is 0 Å². The number of fused-ring (bicyclic) bond motifs is 1. The second-order valence-corrected chi connectivity index (χ2v) is 4.82. The van der Waals surface area contributed by atoms with Gasteiger partial charge in [-0.2, -0.15) is 0 Å². The lowest BCUT2D eigenvalue weighted by molar-refractivity contribution is 0.248. The summed E-state index contributed by atoms with van der Waals surface area (Å²) in [6.07, 6.45) is 4.65. The Morgan fingerprint density at radius 2 is 2.11 bits per heavy atom. The standard InChI is InChI=1S/C12H18N6O/c1-16-5-3-13-11(16)8-17-4-2-10-14-15-12(9-19)18(10)7-6-17/h3,5,19H,2,4,6-9H2,1H3. The predicted molar refractivity (Wildman–Crippen MR) is 68.1 cm³/mol. The number of aryl methyl sites for hydroxylation is 1. The molecule has 0 amide bonds. The van der Waals surface area contributed by atoms with E-state index in [0.29, 0.717) is 5.82 Å². The summed E-state index contributed by atoms with van der Waals surface area (Å²) in [7, 11) is 2.01. The summed E-state index contributed by atoms with van der Waals surface area (Å²) in [5.41, 5.74) is 0. The highest BCUT2D eigenvalue weighted by Crippen LogP contribution is 2.11. The van der Waals surface area contributed by atoms with Gasteiger partial charge in [0.15, 0.2) is 5.82 Å². The van der Waals surface area contributed by atoms with E-state index in [-0.39, 0.29) is 6.61 Å². The number of imidazole rings is 1. The topological polar surface area (TPSA) is 72.0 Å². The van der Waals surface area contributed by atoms with Crippen LogP contribution in [0.2, 0.25) is 0 Å². The Bertz CT molecular complexity index is 560. The summed E-state index contributed by atoms with van der Waals surface area (Å²) >= 11 is 0. The van der Waals surface area contributed by atoms with E-state index in [2.05, 4.69) is 20.1 Å². The van der Waals surface area contributed by atoms with Crippen molar-refractivity contribution in [3.8, 4) is 0 Å². The molecule has 102 valence electrons. The van der Waals surface area contributed by atoms with Crippen LogP contribution >= 0.6 is 0 Å². The zero-order chi connectivity index (χ0) is 13.2. The first-order chi connectivity index (χ1) is 9.28. The van der Waals surface area contributed by atoms with Gasteiger partial charge in [-0.05, 0) is 0 Å². The van der Waals surface area contributed by atoms with Gasteiger partial charge in [0.2, 0.25) is 0 Å². The zero-order valence-corrected chi connectivity index (χ0v) is 11.0. The molecule has 1 aliphatic rings. The van der Waals surface area contributed by atoms with Gasteiger partial charge in [0.25, 0.3) is 0 Å². The summed E-state index contributed by atoms with van der Waals surface area (Å²) < 4.78 is 4.07. The third-order valence-electron chi connectivity index (χ3n) is 3.62. The van der Waals surface area contributed by atoms with Gasteiger partial charge in [0.1, 0.15) is 18.3 Å².